The maximum atomic E-state index is 12.3. The lowest BCUT2D eigenvalue weighted by Crippen LogP contribution is -2.28. The number of carbonyl (C=O) groups is 1. The maximum Gasteiger partial charge on any atom is 0.233 e. The first-order chi connectivity index (χ1) is 9.70. The Morgan fingerprint density at radius 1 is 1.35 bits per heavy atom. The Hall–Kier alpha value is -1.69. The van der Waals surface area contributed by atoms with E-state index in [0.29, 0.717) is 17.1 Å². The normalized spacial score (nSPS) is 28.1. The van der Waals surface area contributed by atoms with Gasteiger partial charge < -0.3 is 4.98 Å². The van der Waals surface area contributed by atoms with Gasteiger partial charge in [-0.25, -0.2) is 4.98 Å². The summed E-state index contributed by atoms with van der Waals surface area (Å²) in [6.45, 7) is 0. The summed E-state index contributed by atoms with van der Waals surface area (Å²) in [6.07, 6.45) is 6.14. The van der Waals surface area contributed by atoms with E-state index in [1.54, 1.807) is 0 Å². The number of halogens is 1. The zero-order chi connectivity index (χ0) is 13.7. The molecule has 2 N–H and O–H groups in total. The van der Waals surface area contributed by atoms with Gasteiger partial charge in [0, 0.05) is 5.92 Å². The first-order valence-electron chi connectivity index (χ1n) is 6.88. The lowest BCUT2D eigenvalue weighted by Gasteiger charge is -2.20. The average Bonchev–Trinajstić information content (AvgIpc) is 3.13. The Labute approximate surface area is 120 Å². The van der Waals surface area contributed by atoms with Crippen LogP contribution in [0, 0.1) is 17.8 Å². The molecule has 0 saturated heterocycles. The Morgan fingerprint density at radius 2 is 2.25 bits per heavy atom. The molecule has 7 heteroatoms. The lowest BCUT2D eigenvalue weighted by molar-refractivity contribution is -0.121. The first kappa shape index (κ1) is 12.1. The summed E-state index contributed by atoms with van der Waals surface area (Å²) in [5.41, 5.74) is 1.05. The molecule has 1 amide bonds. The molecule has 2 saturated carbocycles. The van der Waals surface area contributed by atoms with Crippen molar-refractivity contribution in [1.82, 2.24) is 19.9 Å². The number of imidazole rings is 1. The molecule has 2 heterocycles. The fourth-order valence-electron chi connectivity index (χ4n) is 3.62. The van der Waals surface area contributed by atoms with Crippen molar-refractivity contribution >= 4 is 34.6 Å². The van der Waals surface area contributed by atoms with Crippen molar-refractivity contribution in [2.45, 2.75) is 25.7 Å². The standard InChI is InChI=1S/C13H14ClN5O/c14-10-9-11(16-5-15-9)18-13(17-10)19-12(20)8-4-6-1-2-7(8)3-6/h5-8H,1-4H2,(H2,15,16,17,18,19,20). The van der Waals surface area contributed by atoms with E-state index >= 15 is 0 Å². The molecule has 3 atom stereocenters. The van der Waals surface area contributed by atoms with E-state index in [1.165, 1.54) is 25.6 Å². The quantitative estimate of drug-likeness (QED) is 0.832. The Morgan fingerprint density at radius 3 is 3.00 bits per heavy atom. The highest BCUT2D eigenvalue weighted by molar-refractivity contribution is 6.33. The molecule has 4 rings (SSSR count). The minimum atomic E-state index is 0.0168. The number of carbonyl (C=O) groups excluding carboxylic acids is 1. The molecule has 0 radical (unpaired) electrons. The van der Waals surface area contributed by atoms with Gasteiger partial charge in [-0.1, -0.05) is 18.0 Å². The number of hydrogen-bond acceptors (Lipinski definition) is 4. The van der Waals surface area contributed by atoms with Crippen LogP contribution in [0.1, 0.15) is 25.7 Å². The molecule has 0 aliphatic heterocycles. The highest BCUT2D eigenvalue weighted by Gasteiger charge is 2.43. The molecule has 104 valence electrons. The molecule has 2 aromatic rings. The average molecular weight is 292 g/mol. The maximum absolute atomic E-state index is 12.3. The van der Waals surface area contributed by atoms with Gasteiger partial charge in [-0.05, 0) is 31.1 Å². The van der Waals surface area contributed by atoms with Crippen molar-refractivity contribution in [2.24, 2.45) is 17.8 Å². The van der Waals surface area contributed by atoms with Crippen molar-refractivity contribution in [3.8, 4) is 0 Å². The van der Waals surface area contributed by atoms with Crippen molar-refractivity contribution in [1.29, 1.82) is 0 Å². The fraction of sp³-hybridized carbons (Fsp3) is 0.538. The number of amides is 1. The number of nitrogens with zero attached hydrogens (tertiary/aromatic N) is 3. The summed E-state index contributed by atoms with van der Waals surface area (Å²) >= 11 is 6.04. The summed E-state index contributed by atoms with van der Waals surface area (Å²) in [7, 11) is 0. The molecule has 6 nitrogen and oxygen atoms in total. The zero-order valence-electron chi connectivity index (χ0n) is 10.8. The Balaban J connectivity index is 1.56. The van der Waals surface area contributed by atoms with Crippen LogP contribution in [0.5, 0.6) is 0 Å². The number of H-pyrrole nitrogens is 1. The molecule has 3 unspecified atom stereocenters. The monoisotopic (exact) mass is 291 g/mol. The molecule has 2 aliphatic rings. The smallest absolute Gasteiger partial charge is 0.233 e. The van der Waals surface area contributed by atoms with Gasteiger partial charge in [0.05, 0.1) is 6.33 Å². The van der Waals surface area contributed by atoms with Crippen LogP contribution in [0.2, 0.25) is 5.15 Å². The lowest BCUT2D eigenvalue weighted by atomic mass is 9.88. The molecule has 2 aromatic heterocycles. The molecule has 0 spiro atoms. The second-order valence-electron chi connectivity index (χ2n) is 5.71. The number of nitrogens with one attached hydrogen (secondary N) is 2. The third-order valence-electron chi connectivity index (χ3n) is 4.55. The molecule has 2 bridgehead atoms. The van der Waals surface area contributed by atoms with Crippen molar-refractivity contribution in [2.75, 3.05) is 5.32 Å². The van der Waals surface area contributed by atoms with Gasteiger partial charge in [0.2, 0.25) is 11.9 Å². The molecule has 0 aromatic carbocycles. The number of fused-ring (bicyclic) bond motifs is 3. The second kappa shape index (κ2) is 4.41. The third kappa shape index (κ3) is 1.86. The molecule has 2 fully saturated rings. The molecule has 2 aliphatic carbocycles. The summed E-state index contributed by atoms with van der Waals surface area (Å²) in [4.78, 5) is 27.5. The van der Waals surface area contributed by atoms with Gasteiger partial charge in [0.1, 0.15) is 5.52 Å². The number of rotatable bonds is 2. The van der Waals surface area contributed by atoms with Gasteiger partial charge in [-0.15, -0.1) is 0 Å². The van der Waals surface area contributed by atoms with E-state index in [-0.39, 0.29) is 22.9 Å². The molecular formula is C13H14ClN5O. The highest BCUT2D eigenvalue weighted by Crippen LogP contribution is 2.48. The SMILES string of the molecule is O=C(Nc1nc(Cl)c2[nH]cnc2n1)C1CC2CCC1C2. The van der Waals surface area contributed by atoms with Crippen LogP contribution >= 0.6 is 11.6 Å². The van der Waals surface area contributed by atoms with E-state index < -0.39 is 0 Å². The van der Waals surface area contributed by atoms with Crippen LogP contribution < -0.4 is 5.32 Å². The summed E-state index contributed by atoms with van der Waals surface area (Å²) < 4.78 is 0. The molecule has 20 heavy (non-hydrogen) atoms. The Bertz CT molecular complexity index is 684. The fourth-order valence-corrected chi connectivity index (χ4v) is 3.84. The second-order valence-corrected chi connectivity index (χ2v) is 6.07. The largest absolute Gasteiger partial charge is 0.341 e. The minimum absolute atomic E-state index is 0.0168. The predicted molar refractivity (Wildman–Crippen MR) is 74.3 cm³/mol. The van der Waals surface area contributed by atoms with E-state index in [9.17, 15) is 4.79 Å². The van der Waals surface area contributed by atoms with Crippen molar-refractivity contribution in [3.63, 3.8) is 0 Å². The van der Waals surface area contributed by atoms with Gasteiger partial charge >= 0.3 is 0 Å². The van der Waals surface area contributed by atoms with Gasteiger partial charge in [-0.3, -0.25) is 10.1 Å². The van der Waals surface area contributed by atoms with Crippen molar-refractivity contribution < 1.29 is 4.79 Å². The minimum Gasteiger partial charge on any atom is -0.341 e. The molecular weight excluding hydrogens is 278 g/mol. The van der Waals surface area contributed by atoms with Crippen LogP contribution in [0.4, 0.5) is 5.95 Å². The third-order valence-corrected chi connectivity index (χ3v) is 4.82. The van der Waals surface area contributed by atoms with Gasteiger partial charge in [0.25, 0.3) is 0 Å². The van der Waals surface area contributed by atoms with Gasteiger partial charge in [-0.2, -0.15) is 9.97 Å². The van der Waals surface area contributed by atoms with E-state index in [2.05, 4.69) is 25.3 Å². The van der Waals surface area contributed by atoms with Crippen LogP contribution in [0.25, 0.3) is 11.2 Å². The van der Waals surface area contributed by atoms with Gasteiger partial charge in [0.15, 0.2) is 10.8 Å². The van der Waals surface area contributed by atoms with E-state index in [0.717, 1.165) is 12.3 Å². The van der Waals surface area contributed by atoms with Crippen LogP contribution in [0.15, 0.2) is 6.33 Å². The number of aromatic nitrogens is 4. The highest BCUT2D eigenvalue weighted by atomic mass is 35.5. The zero-order valence-corrected chi connectivity index (χ0v) is 11.5. The summed E-state index contributed by atoms with van der Waals surface area (Å²) in [6, 6.07) is 0. The Kier molecular flexibility index (Phi) is 2.66. The number of hydrogen-bond donors (Lipinski definition) is 2. The van der Waals surface area contributed by atoms with E-state index in [4.69, 9.17) is 11.6 Å². The number of aromatic amines is 1. The first-order valence-corrected chi connectivity index (χ1v) is 7.26. The van der Waals surface area contributed by atoms with Crippen LogP contribution in [-0.4, -0.2) is 25.8 Å². The van der Waals surface area contributed by atoms with E-state index in [1.807, 2.05) is 0 Å². The van der Waals surface area contributed by atoms with Crippen LogP contribution in [-0.2, 0) is 4.79 Å². The van der Waals surface area contributed by atoms with Crippen molar-refractivity contribution in [3.05, 3.63) is 11.5 Å². The summed E-state index contributed by atoms with van der Waals surface area (Å²) in [5.74, 6) is 1.62. The predicted octanol–water partition coefficient (Wildman–Crippen LogP) is 2.38. The van der Waals surface area contributed by atoms with Crippen LogP contribution in [0.3, 0.4) is 0 Å². The summed E-state index contributed by atoms with van der Waals surface area (Å²) in [5, 5.41) is 3.07. The number of anilines is 1. The topological polar surface area (TPSA) is 83.6 Å².